The van der Waals surface area contributed by atoms with Crippen LogP contribution in [0.4, 0.5) is 0 Å². The predicted molar refractivity (Wildman–Crippen MR) is 58.3 cm³/mol. The fraction of sp³-hybridized carbons (Fsp3) is 0.455. The van der Waals surface area contributed by atoms with E-state index >= 15 is 0 Å². The number of benzene rings is 1. The van der Waals surface area contributed by atoms with Crippen LogP contribution in [-0.2, 0) is 0 Å². The molecule has 0 aromatic heterocycles. The lowest BCUT2D eigenvalue weighted by molar-refractivity contribution is 0.858. The number of thioether (sulfide) groups is 1. The number of hydrogen-bond acceptors (Lipinski definition) is 2. The highest BCUT2D eigenvalue weighted by molar-refractivity contribution is 8.00. The van der Waals surface area contributed by atoms with Gasteiger partial charge in [0.05, 0.1) is 0 Å². The summed E-state index contributed by atoms with van der Waals surface area (Å²) in [5.74, 6) is 0. The van der Waals surface area contributed by atoms with Crippen LogP contribution in [0.5, 0.6) is 0 Å². The minimum Gasteiger partial charge on any atom is -0.316 e. The molecule has 0 spiro atoms. The topological polar surface area (TPSA) is 12.0 Å². The average Bonchev–Trinajstić information content (AvgIpc) is 2.62. The molecular weight excluding hydrogens is 178 g/mol. The molecule has 2 heteroatoms. The molecule has 1 aliphatic rings. The van der Waals surface area contributed by atoms with Gasteiger partial charge in [0.25, 0.3) is 0 Å². The molecule has 1 aromatic rings. The molecule has 0 aliphatic carbocycles. The summed E-state index contributed by atoms with van der Waals surface area (Å²) in [7, 11) is 0. The van der Waals surface area contributed by atoms with Gasteiger partial charge in [-0.2, -0.15) is 0 Å². The summed E-state index contributed by atoms with van der Waals surface area (Å²) in [5.41, 5.74) is 1.34. The van der Waals surface area contributed by atoms with Gasteiger partial charge in [0.2, 0.25) is 0 Å². The fourth-order valence-electron chi connectivity index (χ4n) is 1.54. The molecular formula is C11H15NS. The molecule has 2 rings (SSSR count). The minimum atomic E-state index is 0.780. The van der Waals surface area contributed by atoms with E-state index in [1.807, 2.05) is 11.8 Å². The van der Waals surface area contributed by atoms with Gasteiger partial charge in [-0.15, -0.1) is 11.8 Å². The van der Waals surface area contributed by atoms with Crippen molar-refractivity contribution >= 4 is 11.8 Å². The highest BCUT2D eigenvalue weighted by Crippen LogP contribution is 2.26. The lowest BCUT2D eigenvalue weighted by Crippen LogP contribution is -2.09. The molecule has 1 aliphatic heterocycles. The van der Waals surface area contributed by atoms with E-state index in [0.717, 1.165) is 5.25 Å². The van der Waals surface area contributed by atoms with Crippen LogP contribution >= 0.6 is 11.8 Å². The van der Waals surface area contributed by atoms with Crippen LogP contribution in [0.15, 0.2) is 29.2 Å². The number of hydrogen-bond donors (Lipinski definition) is 1. The molecule has 0 radical (unpaired) electrons. The largest absolute Gasteiger partial charge is 0.316 e. The van der Waals surface area contributed by atoms with Gasteiger partial charge in [-0.1, -0.05) is 17.7 Å². The van der Waals surface area contributed by atoms with Gasteiger partial charge in [-0.05, 0) is 32.0 Å². The highest BCUT2D eigenvalue weighted by atomic mass is 32.2. The van der Waals surface area contributed by atoms with Gasteiger partial charge in [0.1, 0.15) is 0 Å². The van der Waals surface area contributed by atoms with Crippen molar-refractivity contribution in [1.29, 1.82) is 0 Å². The molecule has 70 valence electrons. The van der Waals surface area contributed by atoms with Gasteiger partial charge >= 0.3 is 0 Å². The normalized spacial score (nSPS) is 22.1. The molecule has 0 amide bonds. The Morgan fingerprint density at radius 1 is 1.31 bits per heavy atom. The Bertz CT molecular complexity index is 262. The Morgan fingerprint density at radius 3 is 2.69 bits per heavy atom. The molecule has 0 saturated carbocycles. The quantitative estimate of drug-likeness (QED) is 0.774. The first kappa shape index (κ1) is 9.10. The summed E-state index contributed by atoms with van der Waals surface area (Å²) in [6.45, 7) is 4.48. The maximum Gasteiger partial charge on any atom is 0.0231 e. The second kappa shape index (κ2) is 4.16. The number of nitrogens with one attached hydrogen (secondary N) is 1. The molecule has 1 heterocycles. The van der Waals surface area contributed by atoms with E-state index in [2.05, 4.69) is 36.5 Å². The summed E-state index contributed by atoms with van der Waals surface area (Å²) >= 11 is 2.00. The van der Waals surface area contributed by atoms with Crippen LogP contribution in [0.1, 0.15) is 12.0 Å². The van der Waals surface area contributed by atoms with E-state index in [-0.39, 0.29) is 0 Å². The van der Waals surface area contributed by atoms with E-state index in [0.29, 0.717) is 0 Å². The van der Waals surface area contributed by atoms with Crippen molar-refractivity contribution < 1.29 is 0 Å². The third-order valence-electron chi connectivity index (χ3n) is 2.34. The lowest BCUT2D eigenvalue weighted by Gasteiger charge is -2.07. The monoisotopic (exact) mass is 193 g/mol. The van der Waals surface area contributed by atoms with Crippen molar-refractivity contribution in [1.82, 2.24) is 5.32 Å². The van der Waals surface area contributed by atoms with Crippen molar-refractivity contribution in [3.8, 4) is 0 Å². The number of aryl methyl sites for hydroxylation is 1. The lowest BCUT2D eigenvalue weighted by atomic mass is 10.2. The Kier molecular flexibility index (Phi) is 2.91. The third-order valence-corrected chi connectivity index (χ3v) is 3.62. The third kappa shape index (κ3) is 2.48. The standard InChI is InChI=1S/C11H15NS/c1-9-2-4-10(5-3-9)13-11-6-7-12-8-11/h2-5,11-12H,6-8H2,1H3/t11-/m0/s1. The Hall–Kier alpha value is -0.470. The van der Waals surface area contributed by atoms with Crippen LogP contribution < -0.4 is 5.32 Å². The molecule has 1 N–H and O–H groups in total. The average molecular weight is 193 g/mol. The van der Waals surface area contributed by atoms with E-state index in [1.165, 1.54) is 30.0 Å². The van der Waals surface area contributed by atoms with Crippen LogP contribution in [0, 0.1) is 6.92 Å². The summed E-state index contributed by atoms with van der Waals surface area (Å²) < 4.78 is 0. The Balaban J connectivity index is 1.97. The Morgan fingerprint density at radius 2 is 2.08 bits per heavy atom. The van der Waals surface area contributed by atoms with Gasteiger partial charge in [0, 0.05) is 16.7 Å². The van der Waals surface area contributed by atoms with Crippen molar-refractivity contribution in [2.24, 2.45) is 0 Å². The van der Waals surface area contributed by atoms with Crippen molar-refractivity contribution in [2.45, 2.75) is 23.5 Å². The van der Waals surface area contributed by atoms with Gasteiger partial charge < -0.3 is 5.32 Å². The first-order valence-corrected chi connectivity index (χ1v) is 5.66. The maximum atomic E-state index is 3.38. The molecule has 13 heavy (non-hydrogen) atoms. The molecule has 1 nitrogen and oxygen atoms in total. The molecule has 0 unspecified atom stereocenters. The van der Waals surface area contributed by atoms with Gasteiger partial charge in [-0.25, -0.2) is 0 Å². The summed E-state index contributed by atoms with van der Waals surface area (Å²) in [4.78, 5) is 1.40. The van der Waals surface area contributed by atoms with Crippen molar-refractivity contribution in [2.75, 3.05) is 13.1 Å². The maximum absolute atomic E-state index is 3.38. The first-order valence-electron chi connectivity index (χ1n) is 4.78. The van der Waals surface area contributed by atoms with Crippen LogP contribution in [0.2, 0.25) is 0 Å². The molecule has 1 aromatic carbocycles. The highest BCUT2D eigenvalue weighted by Gasteiger charge is 2.14. The zero-order valence-corrected chi connectivity index (χ0v) is 8.73. The van der Waals surface area contributed by atoms with E-state index in [1.54, 1.807) is 0 Å². The predicted octanol–water partition coefficient (Wildman–Crippen LogP) is 2.45. The summed E-state index contributed by atoms with van der Waals surface area (Å²) in [5, 5.41) is 4.16. The molecule has 1 atom stereocenters. The summed E-state index contributed by atoms with van der Waals surface area (Å²) in [6.07, 6.45) is 1.30. The molecule has 1 fully saturated rings. The minimum absolute atomic E-state index is 0.780. The fourth-order valence-corrected chi connectivity index (χ4v) is 2.65. The summed E-state index contributed by atoms with van der Waals surface area (Å²) in [6, 6.07) is 8.81. The van der Waals surface area contributed by atoms with Crippen LogP contribution in [-0.4, -0.2) is 18.3 Å². The SMILES string of the molecule is Cc1ccc(S[C@H]2CCNC2)cc1. The first-order chi connectivity index (χ1) is 6.34. The van der Waals surface area contributed by atoms with E-state index in [4.69, 9.17) is 0 Å². The van der Waals surface area contributed by atoms with E-state index in [9.17, 15) is 0 Å². The second-order valence-corrected chi connectivity index (χ2v) is 4.92. The van der Waals surface area contributed by atoms with Crippen molar-refractivity contribution in [3.63, 3.8) is 0 Å². The van der Waals surface area contributed by atoms with Gasteiger partial charge in [0.15, 0.2) is 0 Å². The molecule has 0 bridgehead atoms. The van der Waals surface area contributed by atoms with Gasteiger partial charge in [-0.3, -0.25) is 0 Å². The smallest absolute Gasteiger partial charge is 0.0231 e. The number of rotatable bonds is 2. The zero-order valence-electron chi connectivity index (χ0n) is 7.92. The van der Waals surface area contributed by atoms with Crippen molar-refractivity contribution in [3.05, 3.63) is 29.8 Å². The van der Waals surface area contributed by atoms with E-state index < -0.39 is 0 Å². The molecule has 1 saturated heterocycles. The van der Waals surface area contributed by atoms with Crippen LogP contribution in [0.25, 0.3) is 0 Å². The Labute approximate surface area is 83.9 Å². The second-order valence-electron chi connectivity index (χ2n) is 3.55. The zero-order chi connectivity index (χ0) is 9.10. The van der Waals surface area contributed by atoms with Crippen LogP contribution in [0.3, 0.4) is 0 Å².